The van der Waals surface area contributed by atoms with E-state index >= 15 is 0 Å². The van der Waals surface area contributed by atoms with Crippen LogP contribution < -0.4 is 4.90 Å². The molecule has 0 N–H and O–H groups in total. The molecule has 3 aromatic rings. The van der Waals surface area contributed by atoms with Gasteiger partial charge < -0.3 is 4.90 Å². The van der Waals surface area contributed by atoms with Gasteiger partial charge in [0, 0.05) is 45.5 Å². The molecule has 2 aromatic heterocycles. The summed E-state index contributed by atoms with van der Waals surface area (Å²) in [5, 5.41) is 4.19. The van der Waals surface area contributed by atoms with Crippen molar-refractivity contribution < 1.29 is 0 Å². The Morgan fingerprint density at radius 3 is 2.48 bits per heavy atom. The van der Waals surface area contributed by atoms with Crippen LogP contribution in [0.4, 0.5) is 5.95 Å². The van der Waals surface area contributed by atoms with Crippen LogP contribution >= 0.6 is 0 Å². The first kappa shape index (κ1) is 18.2. The molecule has 1 fully saturated rings. The number of anilines is 1. The van der Waals surface area contributed by atoms with Gasteiger partial charge in [0.25, 0.3) is 0 Å². The Kier molecular flexibility index (Phi) is 4.75. The molecule has 1 aromatic carbocycles. The van der Waals surface area contributed by atoms with Crippen molar-refractivity contribution in [1.82, 2.24) is 29.6 Å². The first-order valence-corrected chi connectivity index (χ1v) is 10.4. The van der Waals surface area contributed by atoms with Crippen molar-refractivity contribution in [3.63, 3.8) is 0 Å². The highest BCUT2D eigenvalue weighted by atomic mass is 15.3. The summed E-state index contributed by atoms with van der Waals surface area (Å²) in [7, 11) is 1.90. The fourth-order valence-corrected chi connectivity index (χ4v) is 4.62. The maximum Gasteiger partial charge on any atom is 0.226 e. The molecule has 1 aliphatic heterocycles. The van der Waals surface area contributed by atoms with E-state index in [2.05, 4.69) is 49.1 Å². The summed E-state index contributed by atoms with van der Waals surface area (Å²) in [5.41, 5.74) is 4.93. The Morgan fingerprint density at radius 1 is 0.966 bits per heavy atom. The number of hydrogen-bond donors (Lipinski definition) is 0. The van der Waals surface area contributed by atoms with E-state index in [4.69, 9.17) is 4.98 Å². The number of nitrogens with zero attached hydrogens (tertiary/aromatic N) is 7. The average Bonchev–Trinajstić information content (AvgIpc) is 3.27. The number of aryl methyl sites for hydroxylation is 2. The van der Waals surface area contributed by atoms with Gasteiger partial charge >= 0.3 is 0 Å². The highest BCUT2D eigenvalue weighted by molar-refractivity contribution is 5.56. The SMILES string of the molecule is Cc1cnc(N2CCCN(C3Cc4ccccc4C3)CC2)nc1-c1ncnn1C. The van der Waals surface area contributed by atoms with Crippen molar-refractivity contribution in [3.05, 3.63) is 53.5 Å². The zero-order valence-electron chi connectivity index (χ0n) is 17.1. The third kappa shape index (κ3) is 3.51. The Morgan fingerprint density at radius 2 is 1.76 bits per heavy atom. The van der Waals surface area contributed by atoms with Crippen LogP contribution in [0.3, 0.4) is 0 Å². The number of hydrogen-bond acceptors (Lipinski definition) is 6. The largest absolute Gasteiger partial charge is 0.339 e. The molecule has 3 heterocycles. The highest BCUT2D eigenvalue weighted by Crippen LogP contribution is 2.27. The number of benzene rings is 1. The minimum absolute atomic E-state index is 0.625. The maximum atomic E-state index is 4.87. The second kappa shape index (κ2) is 7.55. The molecule has 0 bridgehead atoms. The van der Waals surface area contributed by atoms with Gasteiger partial charge in [-0.2, -0.15) is 5.10 Å². The molecule has 150 valence electrons. The zero-order valence-corrected chi connectivity index (χ0v) is 17.1. The van der Waals surface area contributed by atoms with E-state index < -0.39 is 0 Å². The Bertz CT molecular complexity index is 987. The van der Waals surface area contributed by atoms with Crippen LogP contribution in [-0.2, 0) is 19.9 Å². The number of rotatable bonds is 3. The van der Waals surface area contributed by atoms with Crippen molar-refractivity contribution in [2.45, 2.75) is 32.2 Å². The molecule has 0 amide bonds. The minimum atomic E-state index is 0.625. The fourth-order valence-electron chi connectivity index (χ4n) is 4.62. The van der Waals surface area contributed by atoms with Gasteiger partial charge in [0.05, 0.1) is 0 Å². The standard InChI is InChI=1S/C22H27N7/c1-16-14-23-22(26-20(16)21-24-15-25-27(21)2)29-9-5-8-28(10-11-29)19-12-17-6-3-4-7-18(17)13-19/h3-4,6-7,14-15,19H,5,8-13H2,1-2H3. The maximum absolute atomic E-state index is 4.87. The van der Waals surface area contributed by atoms with Gasteiger partial charge in [-0.15, -0.1) is 0 Å². The van der Waals surface area contributed by atoms with Crippen molar-refractivity contribution in [3.8, 4) is 11.5 Å². The molecule has 0 unspecified atom stereocenters. The summed E-state index contributed by atoms with van der Waals surface area (Å²) < 4.78 is 1.76. The van der Waals surface area contributed by atoms with E-state index in [-0.39, 0.29) is 0 Å². The summed E-state index contributed by atoms with van der Waals surface area (Å²) in [4.78, 5) is 18.9. The van der Waals surface area contributed by atoms with Crippen LogP contribution in [0.25, 0.3) is 11.5 Å². The lowest BCUT2D eigenvalue weighted by atomic mass is 10.1. The monoisotopic (exact) mass is 389 g/mol. The Balaban J connectivity index is 1.31. The Hall–Kier alpha value is -2.80. The van der Waals surface area contributed by atoms with E-state index in [1.54, 1.807) is 11.0 Å². The quantitative estimate of drug-likeness (QED) is 0.685. The number of aromatic nitrogens is 5. The molecule has 0 spiro atoms. The van der Waals surface area contributed by atoms with Crippen LogP contribution in [0.5, 0.6) is 0 Å². The van der Waals surface area contributed by atoms with Gasteiger partial charge in [0.2, 0.25) is 5.95 Å². The molecule has 7 heteroatoms. The minimum Gasteiger partial charge on any atom is -0.339 e. The van der Waals surface area contributed by atoms with Crippen LogP contribution in [-0.4, -0.2) is 61.9 Å². The molecule has 29 heavy (non-hydrogen) atoms. The third-order valence-corrected chi connectivity index (χ3v) is 6.24. The van der Waals surface area contributed by atoms with Gasteiger partial charge in [0.1, 0.15) is 12.0 Å². The molecule has 2 aliphatic rings. The van der Waals surface area contributed by atoms with Crippen LogP contribution in [0, 0.1) is 6.92 Å². The lowest BCUT2D eigenvalue weighted by Gasteiger charge is -2.27. The predicted molar refractivity (Wildman–Crippen MR) is 113 cm³/mol. The fraction of sp³-hybridized carbons (Fsp3) is 0.455. The molecule has 0 atom stereocenters. The first-order chi connectivity index (χ1) is 14.2. The van der Waals surface area contributed by atoms with Crippen molar-refractivity contribution >= 4 is 5.95 Å². The van der Waals surface area contributed by atoms with Gasteiger partial charge in [-0.25, -0.2) is 19.6 Å². The van der Waals surface area contributed by atoms with Gasteiger partial charge in [-0.1, -0.05) is 24.3 Å². The summed E-state index contributed by atoms with van der Waals surface area (Å²) in [6.07, 6.45) is 6.95. The van der Waals surface area contributed by atoms with Gasteiger partial charge in [0.15, 0.2) is 5.82 Å². The topological polar surface area (TPSA) is 63.0 Å². The second-order valence-electron chi connectivity index (χ2n) is 8.12. The normalized spacial score (nSPS) is 18.1. The summed E-state index contributed by atoms with van der Waals surface area (Å²) in [6.45, 7) is 6.15. The van der Waals surface area contributed by atoms with Crippen molar-refractivity contribution in [2.75, 3.05) is 31.1 Å². The molecule has 1 aliphatic carbocycles. The van der Waals surface area contributed by atoms with Gasteiger partial charge in [-0.3, -0.25) is 4.90 Å². The average molecular weight is 390 g/mol. The predicted octanol–water partition coefficient (Wildman–Crippen LogP) is 2.26. The Labute approximate surface area is 171 Å². The molecular weight excluding hydrogens is 362 g/mol. The lowest BCUT2D eigenvalue weighted by molar-refractivity contribution is 0.216. The molecule has 1 saturated heterocycles. The van der Waals surface area contributed by atoms with Gasteiger partial charge in [-0.05, 0) is 42.9 Å². The zero-order chi connectivity index (χ0) is 19.8. The number of fused-ring (bicyclic) bond motifs is 1. The third-order valence-electron chi connectivity index (χ3n) is 6.24. The molecule has 5 rings (SSSR count). The summed E-state index contributed by atoms with van der Waals surface area (Å²) in [5.74, 6) is 1.58. The molecule has 0 saturated carbocycles. The van der Waals surface area contributed by atoms with E-state index in [1.165, 1.54) is 24.0 Å². The summed E-state index contributed by atoms with van der Waals surface area (Å²) in [6, 6.07) is 9.52. The second-order valence-corrected chi connectivity index (χ2v) is 8.12. The highest BCUT2D eigenvalue weighted by Gasteiger charge is 2.28. The lowest BCUT2D eigenvalue weighted by Crippen LogP contribution is -2.39. The van der Waals surface area contributed by atoms with Crippen LogP contribution in [0.15, 0.2) is 36.8 Å². The van der Waals surface area contributed by atoms with E-state index in [9.17, 15) is 0 Å². The van der Waals surface area contributed by atoms with Crippen molar-refractivity contribution in [1.29, 1.82) is 0 Å². The van der Waals surface area contributed by atoms with Crippen molar-refractivity contribution in [2.24, 2.45) is 7.05 Å². The smallest absolute Gasteiger partial charge is 0.226 e. The first-order valence-electron chi connectivity index (χ1n) is 10.4. The van der Waals surface area contributed by atoms with E-state index in [1.807, 2.05) is 20.2 Å². The van der Waals surface area contributed by atoms with E-state index in [0.717, 1.165) is 55.6 Å². The summed E-state index contributed by atoms with van der Waals surface area (Å²) >= 11 is 0. The molecular formula is C22H27N7. The van der Waals surface area contributed by atoms with E-state index in [0.29, 0.717) is 6.04 Å². The van der Waals surface area contributed by atoms with Crippen LogP contribution in [0.1, 0.15) is 23.1 Å². The molecule has 7 nitrogen and oxygen atoms in total. The van der Waals surface area contributed by atoms with Crippen LogP contribution in [0.2, 0.25) is 0 Å². The molecule has 0 radical (unpaired) electrons.